The second kappa shape index (κ2) is 9.52. The lowest BCUT2D eigenvalue weighted by Gasteiger charge is -2.39. The molecule has 1 aliphatic rings. The Morgan fingerprint density at radius 2 is 2.03 bits per heavy atom. The monoisotopic (exact) mass is 446 g/mol. The molecule has 1 aliphatic carbocycles. The fraction of sp³-hybridized carbons (Fsp3) is 0.636. The highest BCUT2D eigenvalue weighted by Gasteiger charge is 2.38. The minimum atomic E-state index is -0.697. The molecule has 0 atom stereocenters. The van der Waals surface area contributed by atoms with Crippen molar-refractivity contribution in [1.82, 2.24) is 14.5 Å². The van der Waals surface area contributed by atoms with E-state index in [1.165, 1.54) is 23.1 Å². The number of fused-ring (bicyclic) bond motifs is 1. The van der Waals surface area contributed by atoms with E-state index in [0.717, 1.165) is 60.2 Å². The molecule has 0 aromatic carbocycles. The molecule has 162 valence electrons. The number of rotatable bonds is 7. The molecule has 1 amide bonds. The number of amides is 1. The Hall–Kier alpha value is -1.85. The Bertz CT molecular complexity index is 1030. The molecule has 0 unspecified atom stereocenters. The lowest BCUT2D eigenvalue weighted by atomic mass is 9.81. The summed E-state index contributed by atoms with van der Waals surface area (Å²) in [6.45, 7) is 6.67. The van der Waals surface area contributed by atoms with Gasteiger partial charge in [0.25, 0.3) is 5.56 Å². The van der Waals surface area contributed by atoms with E-state index in [4.69, 9.17) is 4.98 Å². The van der Waals surface area contributed by atoms with Crippen LogP contribution in [-0.4, -0.2) is 38.7 Å². The Labute approximate surface area is 186 Å². The van der Waals surface area contributed by atoms with Crippen LogP contribution in [0, 0.1) is 25.2 Å². The number of carbonyl (C=O) groups is 1. The quantitative estimate of drug-likeness (QED) is 0.457. The van der Waals surface area contributed by atoms with Gasteiger partial charge in [-0.15, -0.1) is 11.3 Å². The summed E-state index contributed by atoms with van der Waals surface area (Å²) in [6, 6.07) is 2.40. The average Bonchev–Trinajstić information content (AvgIpc) is 3.04. The first-order valence-electron chi connectivity index (χ1n) is 10.7. The summed E-state index contributed by atoms with van der Waals surface area (Å²) < 4.78 is 1.73. The first-order chi connectivity index (χ1) is 14.3. The van der Waals surface area contributed by atoms with Gasteiger partial charge in [-0.05, 0) is 38.7 Å². The highest BCUT2D eigenvalue weighted by Crippen LogP contribution is 2.33. The molecule has 0 radical (unpaired) electrons. The number of hydrogen-bond donors (Lipinski definition) is 0. The maximum atomic E-state index is 13.2. The molecule has 0 saturated heterocycles. The van der Waals surface area contributed by atoms with Crippen molar-refractivity contribution in [2.75, 3.05) is 12.8 Å². The van der Waals surface area contributed by atoms with Crippen molar-refractivity contribution in [3.8, 4) is 6.07 Å². The number of aromatic nitrogens is 2. The van der Waals surface area contributed by atoms with E-state index in [0.29, 0.717) is 17.1 Å². The van der Waals surface area contributed by atoms with E-state index < -0.39 is 5.54 Å². The molecular weight excluding hydrogens is 416 g/mol. The molecule has 30 heavy (non-hydrogen) atoms. The van der Waals surface area contributed by atoms with Gasteiger partial charge in [0.05, 0.1) is 17.2 Å². The predicted molar refractivity (Wildman–Crippen MR) is 123 cm³/mol. The molecule has 8 heteroatoms. The van der Waals surface area contributed by atoms with Crippen molar-refractivity contribution in [3.63, 3.8) is 0 Å². The van der Waals surface area contributed by atoms with Gasteiger partial charge in [0, 0.05) is 18.5 Å². The third-order valence-corrected chi connectivity index (χ3v) is 8.28. The fourth-order valence-corrected chi connectivity index (χ4v) is 6.06. The van der Waals surface area contributed by atoms with Crippen LogP contribution in [0.1, 0.15) is 62.3 Å². The topological polar surface area (TPSA) is 79.0 Å². The molecule has 0 spiro atoms. The maximum absolute atomic E-state index is 13.2. The maximum Gasteiger partial charge on any atom is 0.263 e. The first-order valence-corrected chi connectivity index (χ1v) is 12.5. The van der Waals surface area contributed by atoms with Gasteiger partial charge in [-0.2, -0.15) is 5.26 Å². The summed E-state index contributed by atoms with van der Waals surface area (Å²) in [5.74, 6) is 0.0891. The van der Waals surface area contributed by atoms with Crippen molar-refractivity contribution in [3.05, 3.63) is 20.8 Å². The van der Waals surface area contributed by atoms with Gasteiger partial charge in [0.15, 0.2) is 5.16 Å². The van der Waals surface area contributed by atoms with E-state index in [1.807, 2.05) is 13.8 Å². The number of unbranched alkanes of at least 4 members (excludes halogenated alkanes) is 1. The van der Waals surface area contributed by atoms with Gasteiger partial charge in [0.2, 0.25) is 5.91 Å². The fourth-order valence-electron chi connectivity index (χ4n) is 4.05. The molecule has 0 bridgehead atoms. The average molecular weight is 447 g/mol. The lowest BCUT2D eigenvalue weighted by Crippen LogP contribution is -2.50. The van der Waals surface area contributed by atoms with Gasteiger partial charge < -0.3 is 4.90 Å². The molecule has 3 rings (SSSR count). The van der Waals surface area contributed by atoms with Crippen LogP contribution in [0.3, 0.4) is 0 Å². The van der Waals surface area contributed by atoms with E-state index >= 15 is 0 Å². The normalized spacial score (nSPS) is 15.8. The molecule has 2 heterocycles. The molecule has 6 nitrogen and oxygen atoms in total. The van der Waals surface area contributed by atoms with Crippen LogP contribution < -0.4 is 5.56 Å². The van der Waals surface area contributed by atoms with E-state index in [1.54, 1.807) is 16.5 Å². The summed E-state index contributed by atoms with van der Waals surface area (Å²) in [4.78, 5) is 34.4. The summed E-state index contributed by atoms with van der Waals surface area (Å²) in [5.41, 5.74) is 0.287. The van der Waals surface area contributed by atoms with E-state index in [2.05, 4.69) is 13.0 Å². The summed E-state index contributed by atoms with van der Waals surface area (Å²) in [5, 5.41) is 11.1. The number of thiophene rings is 1. The van der Waals surface area contributed by atoms with Gasteiger partial charge >= 0.3 is 0 Å². The largest absolute Gasteiger partial charge is 0.326 e. The number of nitrogens with zero attached hydrogens (tertiary/aromatic N) is 4. The van der Waals surface area contributed by atoms with Crippen molar-refractivity contribution < 1.29 is 4.79 Å². The van der Waals surface area contributed by atoms with Crippen molar-refractivity contribution in [2.45, 2.75) is 83.0 Å². The summed E-state index contributed by atoms with van der Waals surface area (Å²) >= 11 is 2.84. The zero-order chi connectivity index (χ0) is 21.9. The first kappa shape index (κ1) is 22.8. The lowest BCUT2D eigenvalue weighted by molar-refractivity contribution is -0.131. The smallest absolute Gasteiger partial charge is 0.263 e. The second-order valence-corrected chi connectivity index (χ2v) is 10.3. The van der Waals surface area contributed by atoms with Gasteiger partial charge in [-0.3, -0.25) is 14.2 Å². The van der Waals surface area contributed by atoms with Crippen LogP contribution in [-0.2, 0) is 11.3 Å². The Kier molecular flexibility index (Phi) is 7.25. The van der Waals surface area contributed by atoms with Gasteiger partial charge in [-0.25, -0.2) is 4.98 Å². The summed E-state index contributed by atoms with van der Waals surface area (Å²) in [7, 11) is 1.74. The molecular formula is C22H30N4O2S2. The number of nitriles is 1. The van der Waals surface area contributed by atoms with Crippen molar-refractivity contribution in [2.24, 2.45) is 0 Å². The summed E-state index contributed by atoms with van der Waals surface area (Å²) in [6.07, 6.45) is 6.39. The van der Waals surface area contributed by atoms with E-state index in [-0.39, 0.29) is 17.2 Å². The van der Waals surface area contributed by atoms with Crippen LogP contribution in [0.5, 0.6) is 0 Å². The highest BCUT2D eigenvalue weighted by atomic mass is 32.2. The van der Waals surface area contributed by atoms with E-state index in [9.17, 15) is 14.9 Å². The zero-order valence-electron chi connectivity index (χ0n) is 18.3. The van der Waals surface area contributed by atoms with Crippen molar-refractivity contribution >= 4 is 39.2 Å². The molecule has 1 fully saturated rings. The van der Waals surface area contributed by atoms with Crippen LogP contribution in [0.15, 0.2) is 9.95 Å². The van der Waals surface area contributed by atoms with Crippen LogP contribution in [0.25, 0.3) is 10.2 Å². The highest BCUT2D eigenvalue weighted by molar-refractivity contribution is 7.99. The number of thioether (sulfide) groups is 1. The number of carbonyl (C=O) groups excluding carboxylic acids is 1. The Morgan fingerprint density at radius 1 is 1.33 bits per heavy atom. The number of hydrogen-bond acceptors (Lipinski definition) is 6. The third kappa shape index (κ3) is 4.28. The SMILES string of the molecule is CCCCn1c(SCC(=O)N(C)C2(C#N)CCCCC2)nc2sc(C)c(C)c2c1=O. The van der Waals surface area contributed by atoms with Crippen LogP contribution in [0.4, 0.5) is 0 Å². The van der Waals surface area contributed by atoms with Gasteiger partial charge in [-0.1, -0.05) is 44.4 Å². The van der Waals surface area contributed by atoms with Crippen LogP contribution >= 0.6 is 23.1 Å². The minimum absolute atomic E-state index is 0.0145. The third-order valence-electron chi connectivity index (χ3n) is 6.22. The standard InChI is InChI=1S/C22H30N4O2S2/c1-5-6-12-26-20(28)18-15(2)16(3)30-19(18)24-21(26)29-13-17(27)25(4)22(14-23)10-8-7-9-11-22/h5-13H2,1-4H3. The molecule has 2 aromatic heterocycles. The van der Waals surface area contributed by atoms with Crippen molar-refractivity contribution in [1.29, 1.82) is 5.26 Å². The Morgan fingerprint density at radius 3 is 2.67 bits per heavy atom. The van der Waals surface area contributed by atoms with Crippen LogP contribution in [0.2, 0.25) is 0 Å². The number of aryl methyl sites for hydroxylation is 2. The molecule has 0 aliphatic heterocycles. The predicted octanol–water partition coefficient (Wildman–Crippen LogP) is 4.65. The van der Waals surface area contributed by atoms with Gasteiger partial charge in [0.1, 0.15) is 10.4 Å². The molecule has 0 N–H and O–H groups in total. The zero-order valence-corrected chi connectivity index (χ0v) is 19.9. The molecule has 1 saturated carbocycles. The Balaban J connectivity index is 1.86. The second-order valence-electron chi connectivity index (χ2n) is 8.11. The molecule has 2 aromatic rings. The minimum Gasteiger partial charge on any atom is -0.326 e.